The molecule has 0 aliphatic heterocycles. The summed E-state index contributed by atoms with van der Waals surface area (Å²) in [6.07, 6.45) is 4.39. The molecule has 3 N–H and O–H groups in total. The molecule has 210 valence electrons. The number of anilines is 3. The van der Waals surface area contributed by atoms with Crippen LogP contribution in [-0.4, -0.2) is 50.4 Å². The topological polar surface area (TPSA) is 156 Å². The highest BCUT2D eigenvalue weighted by molar-refractivity contribution is 7.92. The van der Waals surface area contributed by atoms with Gasteiger partial charge in [0, 0.05) is 24.5 Å². The van der Waals surface area contributed by atoms with Crippen molar-refractivity contribution in [1.82, 2.24) is 9.97 Å². The van der Waals surface area contributed by atoms with Gasteiger partial charge in [-0.3, -0.25) is 4.72 Å². The number of aliphatic hydroxyl groups is 1. The van der Waals surface area contributed by atoms with E-state index in [0.717, 1.165) is 6.42 Å². The van der Waals surface area contributed by atoms with Crippen LogP contribution in [0.2, 0.25) is 0 Å². The third-order valence-corrected chi connectivity index (χ3v) is 7.58. The molecule has 2 unspecified atom stereocenters. The SMILES string of the molecule is COc1cc(Nc2nc3c(nc2NS(=O)(=O)c2ccc(C#N)cc2)C(C)CC=C3)c(OCCC(C)O)c(OC)c1. The zero-order valence-electron chi connectivity index (χ0n) is 22.6. The third-order valence-electron chi connectivity index (χ3n) is 6.23. The highest BCUT2D eigenvalue weighted by Gasteiger charge is 2.25. The van der Waals surface area contributed by atoms with Crippen molar-refractivity contribution in [2.24, 2.45) is 0 Å². The van der Waals surface area contributed by atoms with E-state index in [1.54, 1.807) is 19.1 Å². The highest BCUT2D eigenvalue weighted by atomic mass is 32.2. The molecule has 0 fully saturated rings. The van der Waals surface area contributed by atoms with Crippen LogP contribution in [0.1, 0.15) is 49.6 Å². The number of aromatic nitrogens is 2. The van der Waals surface area contributed by atoms with Crippen LogP contribution in [0.25, 0.3) is 6.08 Å². The van der Waals surface area contributed by atoms with Gasteiger partial charge in [0.05, 0.1) is 60.5 Å². The van der Waals surface area contributed by atoms with Gasteiger partial charge in [0.2, 0.25) is 0 Å². The molecule has 0 spiro atoms. The summed E-state index contributed by atoms with van der Waals surface area (Å²) in [4.78, 5) is 9.36. The number of nitrogens with zero attached hydrogens (tertiary/aromatic N) is 3. The Morgan fingerprint density at radius 3 is 2.55 bits per heavy atom. The number of ether oxygens (including phenoxy) is 3. The Balaban J connectivity index is 1.80. The van der Waals surface area contributed by atoms with Crippen LogP contribution in [0, 0.1) is 11.3 Å². The molecule has 0 bridgehead atoms. The number of rotatable bonds is 11. The first-order valence-electron chi connectivity index (χ1n) is 12.6. The van der Waals surface area contributed by atoms with Crippen molar-refractivity contribution in [1.29, 1.82) is 5.26 Å². The molecule has 2 atom stereocenters. The summed E-state index contributed by atoms with van der Waals surface area (Å²) >= 11 is 0. The second-order valence-corrected chi connectivity index (χ2v) is 11.0. The average molecular weight is 566 g/mol. The van der Waals surface area contributed by atoms with Crippen LogP contribution >= 0.6 is 0 Å². The lowest BCUT2D eigenvalue weighted by atomic mass is 9.96. The molecule has 0 saturated heterocycles. The Bertz CT molecular complexity index is 1550. The maximum atomic E-state index is 13.3. The largest absolute Gasteiger partial charge is 0.497 e. The molecule has 1 aliphatic rings. The van der Waals surface area contributed by atoms with Gasteiger partial charge >= 0.3 is 0 Å². The van der Waals surface area contributed by atoms with E-state index in [1.807, 2.05) is 25.1 Å². The van der Waals surface area contributed by atoms with E-state index < -0.39 is 16.1 Å². The lowest BCUT2D eigenvalue weighted by molar-refractivity contribution is 0.154. The number of fused-ring (bicyclic) bond motifs is 1. The number of benzene rings is 2. The maximum Gasteiger partial charge on any atom is 0.263 e. The minimum Gasteiger partial charge on any atom is -0.497 e. The molecule has 0 saturated carbocycles. The Hall–Kier alpha value is -4.34. The van der Waals surface area contributed by atoms with Gasteiger partial charge < -0.3 is 24.6 Å². The number of hydrogen-bond acceptors (Lipinski definition) is 10. The minimum absolute atomic E-state index is 0.0121. The summed E-state index contributed by atoms with van der Waals surface area (Å²) in [5.41, 5.74) is 1.99. The van der Waals surface area contributed by atoms with E-state index in [1.165, 1.54) is 38.5 Å². The number of methoxy groups -OCH3 is 2. The van der Waals surface area contributed by atoms with Crippen molar-refractivity contribution < 1.29 is 27.7 Å². The fourth-order valence-corrected chi connectivity index (χ4v) is 5.05. The van der Waals surface area contributed by atoms with Gasteiger partial charge in [0.1, 0.15) is 5.75 Å². The first-order chi connectivity index (χ1) is 19.1. The maximum absolute atomic E-state index is 13.3. The van der Waals surface area contributed by atoms with Crippen LogP contribution in [0.3, 0.4) is 0 Å². The molecule has 0 amide bonds. The Morgan fingerprint density at radius 2 is 1.90 bits per heavy atom. The van der Waals surface area contributed by atoms with Gasteiger partial charge in [-0.15, -0.1) is 0 Å². The first kappa shape index (κ1) is 28.7. The Kier molecular flexibility index (Phi) is 8.77. The molecule has 1 heterocycles. The van der Waals surface area contributed by atoms with Crippen LogP contribution in [0.4, 0.5) is 17.3 Å². The van der Waals surface area contributed by atoms with Crippen LogP contribution in [0.5, 0.6) is 17.2 Å². The lowest BCUT2D eigenvalue weighted by Crippen LogP contribution is -2.18. The zero-order chi connectivity index (χ0) is 28.9. The monoisotopic (exact) mass is 565 g/mol. The predicted octanol–water partition coefficient (Wildman–Crippen LogP) is 4.58. The van der Waals surface area contributed by atoms with Crippen molar-refractivity contribution in [3.63, 3.8) is 0 Å². The molecular weight excluding hydrogens is 534 g/mol. The smallest absolute Gasteiger partial charge is 0.263 e. The molecule has 4 rings (SSSR count). The Morgan fingerprint density at radius 1 is 1.15 bits per heavy atom. The van der Waals surface area contributed by atoms with E-state index in [0.29, 0.717) is 46.3 Å². The van der Waals surface area contributed by atoms with Crippen LogP contribution < -0.4 is 24.2 Å². The number of sulfonamides is 1. The Labute approximate surface area is 233 Å². The fraction of sp³-hybridized carbons (Fsp3) is 0.321. The number of allylic oxidation sites excluding steroid dienone is 1. The van der Waals surface area contributed by atoms with Crippen molar-refractivity contribution in [2.75, 3.05) is 30.9 Å². The quantitative estimate of drug-likeness (QED) is 0.301. The molecule has 40 heavy (non-hydrogen) atoms. The average Bonchev–Trinajstić information content (AvgIpc) is 2.94. The summed E-state index contributed by atoms with van der Waals surface area (Å²) in [6, 6.07) is 10.9. The van der Waals surface area contributed by atoms with Gasteiger partial charge in [0.15, 0.2) is 23.1 Å². The lowest BCUT2D eigenvalue weighted by Gasteiger charge is -2.22. The predicted molar refractivity (Wildman–Crippen MR) is 151 cm³/mol. The molecule has 12 heteroatoms. The first-order valence-corrected chi connectivity index (χ1v) is 14.1. The number of nitrogens with one attached hydrogen (secondary N) is 2. The van der Waals surface area contributed by atoms with E-state index in [-0.39, 0.29) is 29.1 Å². The van der Waals surface area contributed by atoms with Crippen molar-refractivity contribution in [3.05, 3.63) is 59.4 Å². The summed E-state index contributed by atoms with van der Waals surface area (Å²) in [7, 11) is -1.09. The second-order valence-electron chi connectivity index (χ2n) is 9.29. The molecule has 0 radical (unpaired) electrons. The van der Waals surface area contributed by atoms with Gasteiger partial charge in [-0.25, -0.2) is 18.4 Å². The third kappa shape index (κ3) is 6.44. The highest BCUT2D eigenvalue weighted by Crippen LogP contribution is 2.42. The molecule has 1 aliphatic carbocycles. The van der Waals surface area contributed by atoms with Crippen molar-refractivity contribution in [3.8, 4) is 23.3 Å². The van der Waals surface area contributed by atoms with Crippen molar-refractivity contribution in [2.45, 2.75) is 43.6 Å². The van der Waals surface area contributed by atoms with E-state index in [9.17, 15) is 13.5 Å². The normalized spacial score (nSPS) is 14.9. The summed E-state index contributed by atoms with van der Waals surface area (Å²) < 4.78 is 46.2. The van der Waals surface area contributed by atoms with Gasteiger partial charge in [-0.1, -0.05) is 13.0 Å². The van der Waals surface area contributed by atoms with Gasteiger partial charge in [-0.05, 0) is 43.7 Å². The van der Waals surface area contributed by atoms with Crippen LogP contribution in [-0.2, 0) is 10.0 Å². The zero-order valence-corrected chi connectivity index (χ0v) is 23.4. The van der Waals surface area contributed by atoms with Crippen molar-refractivity contribution >= 4 is 33.4 Å². The molecule has 1 aromatic heterocycles. The van der Waals surface area contributed by atoms with Gasteiger partial charge in [-0.2, -0.15) is 5.26 Å². The molecular formula is C28H31N5O6S. The minimum atomic E-state index is -4.08. The summed E-state index contributed by atoms with van der Waals surface area (Å²) in [5, 5.41) is 21.9. The second kappa shape index (κ2) is 12.2. The summed E-state index contributed by atoms with van der Waals surface area (Å²) in [5.74, 6) is 1.30. The number of nitriles is 1. The number of hydrogen-bond donors (Lipinski definition) is 3. The van der Waals surface area contributed by atoms with Gasteiger partial charge in [0.25, 0.3) is 10.0 Å². The molecule has 3 aromatic rings. The van der Waals surface area contributed by atoms with E-state index in [4.69, 9.17) is 24.5 Å². The van der Waals surface area contributed by atoms with E-state index in [2.05, 4.69) is 15.0 Å². The standard InChI is InChI=1S/C28H31N5O6S/c1-17-6-5-7-22-25(17)32-28(33-40(35,36)21-10-8-19(16-29)9-11-21)27(30-22)31-23-14-20(37-3)15-24(38-4)26(23)39-13-12-18(2)34/h5,7-11,14-15,17-18,34H,6,12-13H2,1-4H3,(H,30,31)(H,32,33). The van der Waals surface area contributed by atoms with E-state index >= 15 is 0 Å². The fourth-order valence-electron chi connectivity index (χ4n) is 4.04. The molecule has 2 aromatic carbocycles. The van der Waals surface area contributed by atoms with Crippen LogP contribution in [0.15, 0.2) is 47.4 Å². The summed E-state index contributed by atoms with van der Waals surface area (Å²) in [6.45, 7) is 3.85. The number of aliphatic hydroxyl groups excluding tert-OH is 1. The molecule has 11 nitrogen and oxygen atoms in total.